The first-order valence-corrected chi connectivity index (χ1v) is 4.96. The molecular formula is C8H12ClNS. The van der Waals surface area contributed by atoms with Gasteiger partial charge in [0.2, 0.25) is 0 Å². The minimum absolute atomic E-state index is 0.791. The van der Waals surface area contributed by atoms with Crippen molar-refractivity contribution in [3.8, 4) is 0 Å². The lowest BCUT2D eigenvalue weighted by molar-refractivity contribution is 0.751. The van der Waals surface area contributed by atoms with Gasteiger partial charge in [-0.2, -0.15) is 0 Å². The van der Waals surface area contributed by atoms with Gasteiger partial charge >= 0.3 is 0 Å². The Kier molecular flexibility index (Phi) is 3.91. The van der Waals surface area contributed by atoms with Crippen molar-refractivity contribution < 1.29 is 0 Å². The third-order valence-electron chi connectivity index (χ3n) is 1.51. The fourth-order valence-electron chi connectivity index (χ4n) is 0.930. The van der Waals surface area contributed by atoms with Gasteiger partial charge in [0.1, 0.15) is 0 Å². The monoisotopic (exact) mass is 189 g/mol. The van der Waals surface area contributed by atoms with E-state index >= 15 is 0 Å². The molecule has 0 aromatic carbocycles. The molecule has 1 heterocycles. The summed E-state index contributed by atoms with van der Waals surface area (Å²) in [5.41, 5.74) is 5.38. The lowest BCUT2D eigenvalue weighted by Crippen LogP contribution is -1.98. The number of unbranched alkanes of at least 4 members (excludes halogenated alkanes) is 1. The number of halogens is 1. The van der Waals surface area contributed by atoms with E-state index < -0.39 is 0 Å². The van der Waals surface area contributed by atoms with Crippen LogP contribution in [0.1, 0.15) is 17.7 Å². The minimum Gasteiger partial charge on any atom is -0.330 e. The van der Waals surface area contributed by atoms with Crippen LogP contribution in [0.4, 0.5) is 0 Å². The molecule has 0 aliphatic rings. The molecule has 0 aliphatic carbocycles. The molecule has 0 spiro atoms. The van der Waals surface area contributed by atoms with Gasteiger partial charge in [-0.25, -0.2) is 0 Å². The fourth-order valence-corrected chi connectivity index (χ4v) is 2.06. The Morgan fingerprint density at radius 2 is 2.18 bits per heavy atom. The Morgan fingerprint density at radius 3 is 2.73 bits per heavy atom. The van der Waals surface area contributed by atoms with E-state index in [-0.39, 0.29) is 0 Å². The third-order valence-corrected chi connectivity index (χ3v) is 2.80. The molecule has 0 radical (unpaired) electrons. The van der Waals surface area contributed by atoms with Crippen LogP contribution in [0.25, 0.3) is 0 Å². The maximum Gasteiger partial charge on any atom is 0.0931 e. The standard InChI is InChI=1S/C8H12ClNS/c9-8-5-4-7(11-8)3-1-2-6-10/h4-5H,1-3,6,10H2. The Bertz CT molecular complexity index is 210. The number of thiophene rings is 1. The third kappa shape index (κ3) is 3.23. The molecule has 1 aromatic heterocycles. The Morgan fingerprint density at radius 1 is 1.36 bits per heavy atom. The molecule has 1 rings (SSSR count). The summed E-state index contributed by atoms with van der Waals surface area (Å²) in [6.45, 7) is 0.791. The second-order valence-electron chi connectivity index (χ2n) is 2.45. The van der Waals surface area contributed by atoms with Crippen molar-refractivity contribution in [1.29, 1.82) is 0 Å². The Hall–Kier alpha value is -0.0500. The van der Waals surface area contributed by atoms with Crippen molar-refractivity contribution in [3.63, 3.8) is 0 Å². The van der Waals surface area contributed by atoms with Gasteiger partial charge in [0, 0.05) is 4.88 Å². The first-order chi connectivity index (χ1) is 5.33. The Labute approximate surface area is 76.2 Å². The number of nitrogens with two attached hydrogens (primary N) is 1. The van der Waals surface area contributed by atoms with E-state index in [0.29, 0.717) is 0 Å². The van der Waals surface area contributed by atoms with Gasteiger partial charge in [-0.15, -0.1) is 11.3 Å². The normalized spacial score (nSPS) is 10.4. The van der Waals surface area contributed by atoms with Crippen LogP contribution in [0.3, 0.4) is 0 Å². The van der Waals surface area contributed by atoms with Gasteiger partial charge < -0.3 is 5.73 Å². The molecule has 1 aromatic rings. The van der Waals surface area contributed by atoms with Crippen LogP contribution in [0.2, 0.25) is 4.34 Å². The molecule has 11 heavy (non-hydrogen) atoms. The molecule has 0 atom stereocenters. The van der Waals surface area contributed by atoms with Crippen molar-refractivity contribution in [2.75, 3.05) is 6.54 Å². The van der Waals surface area contributed by atoms with Gasteiger partial charge in [0.15, 0.2) is 0 Å². The second-order valence-corrected chi connectivity index (χ2v) is 4.25. The smallest absolute Gasteiger partial charge is 0.0931 e. The van der Waals surface area contributed by atoms with Crippen LogP contribution < -0.4 is 5.73 Å². The number of aryl methyl sites for hydroxylation is 1. The summed E-state index contributed by atoms with van der Waals surface area (Å²) >= 11 is 7.43. The minimum atomic E-state index is 0.791. The number of hydrogen-bond donors (Lipinski definition) is 1. The molecule has 1 nitrogen and oxygen atoms in total. The largest absolute Gasteiger partial charge is 0.330 e. The average Bonchev–Trinajstić information content (AvgIpc) is 2.37. The second kappa shape index (κ2) is 4.75. The molecule has 62 valence electrons. The summed E-state index contributed by atoms with van der Waals surface area (Å²) in [7, 11) is 0. The van der Waals surface area contributed by atoms with E-state index in [0.717, 1.165) is 23.7 Å². The molecule has 0 saturated carbocycles. The van der Waals surface area contributed by atoms with Crippen LogP contribution in [0.5, 0.6) is 0 Å². The van der Waals surface area contributed by atoms with Crippen molar-refractivity contribution >= 4 is 22.9 Å². The van der Waals surface area contributed by atoms with Gasteiger partial charge in [0.05, 0.1) is 4.34 Å². The predicted octanol–water partition coefficient (Wildman–Crippen LogP) is 2.68. The van der Waals surface area contributed by atoms with E-state index in [9.17, 15) is 0 Å². The van der Waals surface area contributed by atoms with Gasteiger partial charge in [-0.05, 0) is 37.9 Å². The van der Waals surface area contributed by atoms with E-state index in [1.54, 1.807) is 11.3 Å². The van der Waals surface area contributed by atoms with Crippen molar-refractivity contribution in [2.24, 2.45) is 5.73 Å². The van der Waals surface area contributed by atoms with E-state index in [4.69, 9.17) is 17.3 Å². The van der Waals surface area contributed by atoms with Gasteiger partial charge in [-0.3, -0.25) is 0 Å². The molecule has 0 saturated heterocycles. The zero-order valence-corrected chi connectivity index (χ0v) is 7.92. The van der Waals surface area contributed by atoms with E-state index in [1.807, 2.05) is 6.07 Å². The van der Waals surface area contributed by atoms with Crippen LogP contribution >= 0.6 is 22.9 Å². The molecule has 0 aliphatic heterocycles. The van der Waals surface area contributed by atoms with E-state index in [1.165, 1.54) is 11.3 Å². The topological polar surface area (TPSA) is 26.0 Å². The van der Waals surface area contributed by atoms with Crippen molar-refractivity contribution in [2.45, 2.75) is 19.3 Å². The molecule has 0 amide bonds. The first-order valence-electron chi connectivity index (χ1n) is 3.77. The number of rotatable bonds is 4. The summed E-state index contributed by atoms with van der Waals surface area (Å²) in [6.07, 6.45) is 3.40. The average molecular weight is 190 g/mol. The quantitative estimate of drug-likeness (QED) is 0.725. The molecular weight excluding hydrogens is 178 g/mol. The molecule has 0 unspecified atom stereocenters. The van der Waals surface area contributed by atoms with Gasteiger partial charge in [0.25, 0.3) is 0 Å². The molecule has 0 fully saturated rings. The molecule has 2 N–H and O–H groups in total. The fraction of sp³-hybridized carbons (Fsp3) is 0.500. The predicted molar refractivity (Wildman–Crippen MR) is 51.3 cm³/mol. The first kappa shape index (κ1) is 9.04. The summed E-state index contributed by atoms with van der Waals surface area (Å²) in [4.78, 5) is 1.36. The highest BCUT2D eigenvalue weighted by Crippen LogP contribution is 2.22. The summed E-state index contributed by atoms with van der Waals surface area (Å²) in [5, 5.41) is 0. The lowest BCUT2D eigenvalue weighted by Gasteiger charge is -1.93. The highest BCUT2D eigenvalue weighted by atomic mass is 35.5. The zero-order valence-electron chi connectivity index (χ0n) is 6.35. The van der Waals surface area contributed by atoms with Gasteiger partial charge in [-0.1, -0.05) is 11.6 Å². The zero-order chi connectivity index (χ0) is 8.10. The van der Waals surface area contributed by atoms with Crippen LogP contribution in [-0.2, 0) is 6.42 Å². The van der Waals surface area contributed by atoms with Crippen molar-refractivity contribution in [1.82, 2.24) is 0 Å². The Balaban J connectivity index is 2.27. The lowest BCUT2D eigenvalue weighted by atomic mass is 10.2. The van der Waals surface area contributed by atoms with Crippen LogP contribution in [0.15, 0.2) is 12.1 Å². The van der Waals surface area contributed by atoms with Crippen molar-refractivity contribution in [3.05, 3.63) is 21.3 Å². The van der Waals surface area contributed by atoms with Crippen LogP contribution in [-0.4, -0.2) is 6.54 Å². The SMILES string of the molecule is NCCCCc1ccc(Cl)s1. The molecule has 3 heteroatoms. The summed E-state index contributed by atoms with van der Waals surface area (Å²) in [6, 6.07) is 4.04. The molecule has 0 bridgehead atoms. The van der Waals surface area contributed by atoms with Crippen LogP contribution in [0, 0.1) is 0 Å². The summed E-state index contributed by atoms with van der Waals surface area (Å²) in [5.74, 6) is 0. The maximum atomic E-state index is 5.77. The summed E-state index contributed by atoms with van der Waals surface area (Å²) < 4.78 is 0.882. The highest BCUT2D eigenvalue weighted by Gasteiger charge is 1.96. The number of hydrogen-bond acceptors (Lipinski definition) is 2. The highest BCUT2D eigenvalue weighted by molar-refractivity contribution is 7.16. The van der Waals surface area contributed by atoms with E-state index in [2.05, 4.69) is 6.07 Å². The maximum absolute atomic E-state index is 5.77.